The van der Waals surface area contributed by atoms with Crippen molar-refractivity contribution in [2.75, 3.05) is 19.7 Å². The topological polar surface area (TPSA) is 99.5 Å². The normalized spacial score (nSPS) is 10.7. The van der Waals surface area contributed by atoms with Crippen LogP contribution < -0.4 is 0 Å². The van der Waals surface area contributed by atoms with Crippen molar-refractivity contribution in [1.82, 2.24) is 9.88 Å². The molecule has 0 fully saturated rings. The van der Waals surface area contributed by atoms with Crippen LogP contribution in [0.1, 0.15) is 10.5 Å². The van der Waals surface area contributed by atoms with Gasteiger partial charge in [-0.2, -0.15) is 0 Å². The number of aromatic amines is 1. The largest absolute Gasteiger partial charge is 0.395 e. The van der Waals surface area contributed by atoms with Gasteiger partial charge < -0.3 is 15.0 Å². The molecule has 100 valence electrons. The molecule has 1 rings (SSSR count). The quantitative estimate of drug-likeness (QED) is 0.580. The van der Waals surface area contributed by atoms with Crippen molar-refractivity contribution in [1.29, 1.82) is 0 Å². The third kappa shape index (κ3) is 3.48. The fraction of sp³-hybridized carbons (Fsp3) is 0.444. The highest BCUT2D eigenvalue weighted by Gasteiger charge is 2.22. The van der Waals surface area contributed by atoms with Crippen molar-refractivity contribution in [3.63, 3.8) is 0 Å². The summed E-state index contributed by atoms with van der Waals surface area (Å²) >= 11 is 0. The minimum atomic E-state index is -2.74. The van der Waals surface area contributed by atoms with Gasteiger partial charge in [0.25, 0.3) is 18.0 Å². The van der Waals surface area contributed by atoms with E-state index in [0.717, 1.165) is 17.2 Å². The van der Waals surface area contributed by atoms with E-state index in [2.05, 4.69) is 4.98 Å². The number of carbonyl (C=O) groups excluding carboxylic acids is 1. The number of nitrogens with zero attached hydrogens (tertiary/aromatic N) is 2. The van der Waals surface area contributed by atoms with Crippen molar-refractivity contribution in [3.05, 3.63) is 28.1 Å². The number of nitro groups is 1. The van der Waals surface area contributed by atoms with Gasteiger partial charge in [-0.1, -0.05) is 0 Å². The van der Waals surface area contributed by atoms with Crippen molar-refractivity contribution in [2.45, 2.75) is 6.43 Å². The average Bonchev–Trinajstić information content (AvgIpc) is 2.76. The molecule has 1 aromatic rings. The summed E-state index contributed by atoms with van der Waals surface area (Å²) in [7, 11) is 0. The molecule has 7 nitrogen and oxygen atoms in total. The van der Waals surface area contributed by atoms with Gasteiger partial charge in [0.05, 0.1) is 24.3 Å². The first-order chi connectivity index (χ1) is 8.45. The third-order valence-corrected chi connectivity index (χ3v) is 2.12. The maximum Gasteiger partial charge on any atom is 0.287 e. The van der Waals surface area contributed by atoms with Crippen LogP contribution in [0.5, 0.6) is 0 Å². The number of hydrogen-bond donors (Lipinski definition) is 2. The van der Waals surface area contributed by atoms with E-state index < -0.39 is 30.4 Å². The molecule has 0 saturated carbocycles. The van der Waals surface area contributed by atoms with Crippen LogP contribution in [0.15, 0.2) is 12.3 Å². The van der Waals surface area contributed by atoms with Crippen molar-refractivity contribution < 1.29 is 23.6 Å². The zero-order valence-electron chi connectivity index (χ0n) is 9.18. The Hall–Kier alpha value is -2.03. The van der Waals surface area contributed by atoms with Crippen LogP contribution in [-0.4, -0.2) is 51.9 Å². The Morgan fingerprint density at radius 2 is 2.28 bits per heavy atom. The van der Waals surface area contributed by atoms with Crippen LogP contribution in [-0.2, 0) is 0 Å². The van der Waals surface area contributed by atoms with Gasteiger partial charge in [-0.25, -0.2) is 8.78 Å². The molecule has 0 radical (unpaired) electrons. The maximum atomic E-state index is 12.2. The Labute approximate surface area is 100 Å². The first-order valence-electron chi connectivity index (χ1n) is 4.96. The average molecular weight is 263 g/mol. The van der Waals surface area contributed by atoms with Crippen LogP contribution in [0.3, 0.4) is 0 Å². The summed E-state index contributed by atoms with van der Waals surface area (Å²) in [5.41, 5.74) is -0.504. The van der Waals surface area contributed by atoms with Crippen LogP contribution in [0.25, 0.3) is 0 Å². The lowest BCUT2D eigenvalue weighted by atomic mass is 10.3. The fourth-order valence-corrected chi connectivity index (χ4v) is 1.35. The van der Waals surface area contributed by atoms with E-state index in [1.807, 2.05) is 0 Å². The molecule has 0 unspecified atom stereocenters. The zero-order chi connectivity index (χ0) is 13.7. The van der Waals surface area contributed by atoms with Crippen molar-refractivity contribution in [3.8, 4) is 0 Å². The maximum absolute atomic E-state index is 12.2. The summed E-state index contributed by atoms with van der Waals surface area (Å²) in [4.78, 5) is 24.5. The molecule has 2 N–H and O–H groups in total. The molecule has 0 aromatic carbocycles. The number of halogens is 2. The Morgan fingerprint density at radius 3 is 2.72 bits per heavy atom. The first-order valence-corrected chi connectivity index (χ1v) is 4.96. The highest BCUT2D eigenvalue weighted by atomic mass is 19.3. The molecule has 0 bridgehead atoms. The van der Waals surface area contributed by atoms with Crippen LogP contribution >= 0.6 is 0 Å². The number of hydrogen-bond acceptors (Lipinski definition) is 4. The van der Waals surface area contributed by atoms with Gasteiger partial charge in [0.15, 0.2) is 0 Å². The van der Waals surface area contributed by atoms with Gasteiger partial charge in [0.2, 0.25) is 0 Å². The van der Waals surface area contributed by atoms with Gasteiger partial charge in [0.1, 0.15) is 5.69 Å². The molecule has 18 heavy (non-hydrogen) atoms. The van der Waals surface area contributed by atoms with Crippen molar-refractivity contribution >= 4 is 11.6 Å². The number of aliphatic hydroxyl groups is 1. The highest BCUT2D eigenvalue weighted by molar-refractivity contribution is 5.93. The molecule has 1 amide bonds. The molecule has 0 aliphatic carbocycles. The van der Waals surface area contributed by atoms with E-state index in [0.29, 0.717) is 0 Å². The van der Waals surface area contributed by atoms with E-state index in [9.17, 15) is 23.7 Å². The Morgan fingerprint density at radius 1 is 1.61 bits per heavy atom. The molecule has 1 aromatic heterocycles. The molecule has 0 atom stereocenters. The molecule has 0 spiro atoms. The van der Waals surface area contributed by atoms with Crippen LogP contribution in [0, 0.1) is 10.1 Å². The minimum absolute atomic E-state index is 0.171. The van der Waals surface area contributed by atoms with Gasteiger partial charge in [-0.15, -0.1) is 0 Å². The van der Waals surface area contributed by atoms with E-state index >= 15 is 0 Å². The fourth-order valence-electron chi connectivity index (χ4n) is 1.35. The third-order valence-electron chi connectivity index (χ3n) is 2.12. The monoisotopic (exact) mass is 263 g/mol. The number of aliphatic hydroxyl groups excluding tert-OH is 1. The summed E-state index contributed by atoms with van der Waals surface area (Å²) in [6.07, 6.45) is -1.75. The Kier molecular flexibility index (Phi) is 4.72. The predicted octanol–water partition coefficient (Wildman–Crippen LogP) is 0.622. The Balaban J connectivity index is 2.83. The van der Waals surface area contributed by atoms with Gasteiger partial charge in [0, 0.05) is 12.6 Å². The molecule has 0 aliphatic rings. The molecule has 0 aliphatic heterocycles. The first kappa shape index (κ1) is 14.0. The standard InChI is InChI=1S/C9H11F2N3O4/c10-8(11)5-13(1-2-15)9(16)7-3-6(4-12-7)14(17)18/h3-4,8,12,15H,1-2,5H2. The predicted molar refractivity (Wildman–Crippen MR) is 56.4 cm³/mol. The summed E-state index contributed by atoms with van der Waals surface area (Å²) in [6.45, 7) is -1.58. The van der Waals surface area contributed by atoms with Gasteiger partial charge in [-0.05, 0) is 0 Å². The summed E-state index contributed by atoms with van der Waals surface area (Å²) in [5.74, 6) is -0.822. The number of carbonyl (C=O) groups is 1. The SMILES string of the molecule is O=C(c1cc([N+](=O)[O-])c[nH]1)N(CCO)CC(F)F. The second-order valence-electron chi connectivity index (χ2n) is 3.39. The lowest BCUT2D eigenvalue weighted by molar-refractivity contribution is -0.384. The summed E-state index contributed by atoms with van der Waals surface area (Å²) < 4.78 is 24.4. The zero-order valence-corrected chi connectivity index (χ0v) is 9.18. The number of alkyl halides is 2. The second-order valence-corrected chi connectivity index (χ2v) is 3.39. The van der Waals surface area contributed by atoms with E-state index in [1.165, 1.54) is 0 Å². The minimum Gasteiger partial charge on any atom is -0.395 e. The molecular weight excluding hydrogens is 252 g/mol. The van der Waals surface area contributed by atoms with E-state index in [-0.39, 0.29) is 17.9 Å². The number of H-pyrrole nitrogens is 1. The lowest BCUT2D eigenvalue weighted by Gasteiger charge is -2.20. The number of amides is 1. The van der Waals surface area contributed by atoms with Crippen molar-refractivity contribution in [2.24, 2.45) is 0 Å². The second kappa shape index (κ2) is 6.05. The molecule has 1 heterocycles. The smallest absolute Gasteiger partial charge is 0.287 e. The Bertz CT molecular complexity index is 435. The van der Waals surface area contributed by atoms with E-state index in [1.54, 1.807) is 0 Å². The number of aromatic nitrogens is 1. The molecular formula is C9H11F2N3O4. The summed E-state index contributed by atoms with van der Waals surface area (Å²) in [6, 6.07) is 0.957. The van der Waals surface area contributed by atoms with E-state index in [4.69, 9.17) is 5.11 Å². The van der Waals surface area contributed by atoms with Crippen LogP contribution in [0.2, 0.25) is 0 Å². The number of rotatable bonds is 6. The molecule has 9 heteroatoms. The highest BCUT2D eigenvalue weighted by Crippen LogP contribution is 2.14. The van der Waals surface area contributed by atoms with Gasteiger partial charge in [-0.3, -0.25) is 14.9 Å². The lowest BCUT2D eigenvalue weighted by Crippen LogP contribution is -2.37. The summed E-state index contributed by atoms with van der Waals surface area (Å²) in [5, 5.41) is 19.1. The number of nitrogens with one attached hydrogen (secondary N) is 1. The molecule has 0 saturated heterocycles. The van der Waals surface area contributed by atoms with Crippen LogP contribution in [0.4, 0.5) is 14.5 Å². The van der Waals surface area contributed by atoms with Gasteiger partial charge >= 0.3 is 0 Å².